The molecule has 1 fully saturated rings. The summed E-state index contributed by atoms with van der Waals surface area (Å²) in [6.45, 7) is 0. The first-order valence-corrected chi connectivity index (χ1v) is 4.15. The minimum atomic E-state index is -0.431. The fourth-order valence-corrected chi connectivity index (χ4v) is 1.41. The molecular formula is C10H9FN2. The van der Waals surface area contributed by atoms with Gasteiger partial charge in [-0.05, 0) is 30.5 Å². The first-order valence-electron chi connectivity index (χ1n) is 4.15. The molecular weight excluding hydrogens is 167 g/mol. The van der Waals surface area contributed by atoms with Crippen molar-refractivity contribution in [1.29, 1.82) is 5.26 Å². The summed E-state index contributed by atoms with van der Waals surface area (Å²) in [5.74, 6) is -0.431. The second-order valence-corrected chi connectivity index (χ2v) is 3.43. The van der Waals surface area contributed by atoms with E-state index in [0.29, 0.717) is 0 Å². The number of nitrogens with two attached hydrogens (primary N) is 1. The van der Waals surface area contributed by atoms with Gasteiger partial charge in [0.2, 0.25) is 0 Å². The summed E-state index contributed by atoms with van der Waals surface area (Å²) in [5.41, 5.74) is 5.80. The predicted molar refractivity (Wildman–Crippen MR) is 47.3 cm³/mol. The van der Waals surface area contributed by atoms with Crippen LogP contribution in [0.3, 0.4) is 0 Å². The Kier molecular flexibility index (Phi) is 1.53. The highest BCUT2D eigenvalue weighted by Gasteiger charge is 2.45. The maximum Gasteiger partial charge on any atom is 0.146 e. The molecule has 1 saturated carbocycles. The number of anilines is 1. The van der Waals surface area contributed by atoms with Crippen molar-refractivity contribution in [3.63, 3.8) is 0 Å². The molecule has 1 aliphatic carbocycles. The van der Waals surface area contributed by atoms with Crippen molar-refractivity contribution in [3.8, 4) is 6.07 Å². The van der Waals surface area contributed by atoms with Gasteiger partial charge in [0.1, 0.15) is 5.82 Å². The summed E-state index contributed by atoms with van der Waals surface area (Å²) in [6.07, 6.45) is 1.65. The van der Waals surface area contributed by atoms with Crippen LogP contribution in [-0.4, -0.2) is 0 Å². The molecule has 66 valence electrons. The molecule has 0 radical (unpaired) electrons. The SMILES string of the molecule is N#CC1(c2ccc(N)c(F)c2)CC1. The van der Waals surface area contributed by atoms with E-state index < -0.39 is 11.2 Å². The van der Waals surface area contributed by atoms with Gasteiger partial charge >= 0.3 is 0 Å². The zero-order chi connectivity index (χ0) is 9.47. The van der Waals surface area contributed by atoms with Gasteiger partial charge in [0.15, 0.2) is 0 Å². The topological polar surface area (TPSA) is 49.8 Å². The highest BCUT2D eigenvalue weighted by molar-refractivity contribution is 5.47. The van der Waals surface area contributed by atoms with E-state index in [-0.39, 0.29) is 5.69 Å². The normalized spacial score (nSPS) is 17.8. The van der Waals surface area contributed by atoms with E-state index in [9.17, 15) is 4.39 Å². The zero-order valence-corrected chi connectivity index (χ0v) is 7.05. The van der Waals surface area contributed by atoms with E-state index >= 15 is 0 Å². The largest absolute Gasteiger partial charge is 0.396 e. The third-order valence-electron chi connectivity index (χ3n) is 2.52. The van der Waals surface area contributed by atoms with Gasteiger partial charge in [-0.1, -0.05) is 6.07 Å². The highest BCUT2D eigenvalue weighted by Crippen LogP contribution is 2.47. The number of benzene rings is 1. The fraction of sp³-hybridized carbons (Fsp3) is 0.300. The molecule has 3 heteroatoms. The minimum absolute atomic E-state index is 0.137. The molecule has 0 spiro atoms. The molecule has 0 atom stereocenters. The van der Waals surface area contributed by atoms with Gasteiger partial charge in [0, 0.05) is 0 Å². The maximum atomic E-state index is 13.0. The molecule has 0 aliphatic heterocycles. The van der Waals surface area contributed by atoms with Crippen molar-refractivity contribution in [2.75, 3.05) is 5.73 Å². The van der Waals surface area contributed by atoms with Crippen LogP contribution in [0.15, 0.2) is 18.2 Å². The maximum absolute atomic E-state index is 13.0. The smallest absolute Gasteiger partial charge is 0.146 e. The first kappa shape index (κ1) is 8.06. The van der Waals surface area contributed by atoms with Gasteiger partial charge in [0.05, 0.1) is 17.2 Å². The monoisotopic (exact) mass is 176 g/mol. The van der Waals surface area contributed by atoms with Gasteiger partial charge in [-0.2, -0.15) is 5.26 Å². The molecule has 0 heterocycles. The van der Waals surface area contributed by atoms with Crippen LogP contribution < -0.4 is 5.73 Å². The second-order valence-electron chi connectivity index (χ2n) is 3.43. The quantitative estimate of drug-likeness (QED) is 0.665. The summed E-state index contributed by atoms with van der Waals surface area (Å²) in [4.78, 5) is 0. The molecule has 0 amide bonds. The lowest BCUT2D eigenvalue weighted by molar-refractivity contribution is 0.628. The van der Waals surface area contributed by atoms with Gasteiger partial charge in [-0.25, -0.2) is 4.39 Å². The highest BCUT2D eigenvalue weighted by atomic mass is 19.1. The van der Waals surface area contributed by atoms with Gasteiger partial charge in [-0.3, -0.25) is 0 Å². The van der Waals surface area contributed by atoms with Crippen molar-refractivity contribution >= 4 is 5.69 Å². The molecule has 2 N–H and O–H groups in total. The Morgan fingerprint density at radius 2 is 2.15 bits per heavy atom. The van der Waals surface area contributed by atoms with Crippen molar-refractivity contribution in [2.24, 2.45) is 0 Å². The lowest BCUT2D eigenvalue weighted by atomic mass is 9.97. The molecule has 1 aliphatic rings. The Morgan fingerprint density at radius 3 is 2.62 bits per heavy atom. The molecule has 0 bridgehead atoms. The second kappa shape index (κ2) is 2.46. The average molecular weight is 176 g/mol. The predicted octanol–water partition coefficient (Wildman–Crippen LogP) is 1.96. The Bertz CT molecular complexity index is 388. The molecule has 0 unspecified atom stereocenters. The summed E-state index contributed by atoms with van der Waals surface area (Å²) in [6, 6.07) is 6.82. The number of nitrogens with zero attached hydrogens (tertiary/aromatic N) is 1. The Morgan fingerprint density at radius 1 is 1.46 bits per heavy atom. The summed E-state index contributed by atoms with van der Waals surface area (Å²) < 4.78 is 13.0. The number of hydrogen-bond acceptors (Lipinski definition) is 2. The van der Waals surface area contributed by atoms with Crippen LogP contribution in [0.2, 0.25) is 0 Å². The lowest BCUT2D eigenvalue weighted by Gasteiger charge is -2.06. The molecule has 2 rings (SSSR count). The van der Waals surface area contributed by atoms with Gasteiger partial charge in [-0.15, -0.1) is 0 Å². The fourth-order valence-electron chi connectivity index (χ4n) is 1.41. The number of rotatable bonds is 1. The van der Waals surface area contributed by atoms with Crippen molar-refractivity contribution in [1.82, 2.24) is 0 Å². The first-order chi connectivity index (χ1) is 6.18. The van der Waals surface area contributed by atoms with Crippen LogP contribution >= 0.6 is 0 Å². The third kappa shape index (κ3) is 1.15. The molecule has 1 aromatic carbocycles. The van der Waals surface area contributed by atoms with E-state index in [4.69, 9.17) is 11.0 Å². The Labute approximate surface area is 75.8 Å². The van der Waals surface area contributed by atoms with Crippen molar-refractivity contribution in [3.05, 3.63) is 29.6 Å². The Balaban J connectivity index is 2.44. The van der Waals surface area contributed by atoms with E-state index in [1.807, 2.05) is 0 Å². The van der Waals surface area contributed by atoms with Crippen LogP contribution in [0.5, 0.6) is 0 Å². The summed E-state index contributed by atoms with van der Waals surface area (Å²) in [7, 11) is 0. The average Bonchev–Trinajstić information content (AvgIpc) is 2.90. The molecule has 2 nitrogen and oxygen atoms in total. The standard InChI is InChI=1S/C10H9FN2/c11-8-5-7(1-2-9(8)13)10(6-12)3-4-10/h1-2,5H,3-4,13H2. The Hall–Kier alpha value is -1.56. The van der Waals surface area contributed by atoms with Gasteiger partial charge < -0.3 is 5.73 Å². The van der Waals surface area contributed by atoms with Crippen molar-refractivity contribution in [2.45, 2.75) is 18.3 Å². The number of nitriles is 1. The number of nitrogen functional groups attached to an aromatic ring is 1. The zero-order valence-electron chi connectivity index (χ0n) is 7.05. The summed E-state index contributed by atoms with van der Waals surface area (Å²) in [5, 5.41) is 8.87. The molecule has 0 saturated heterocycles. The van der Waals surface area contributed by atoms with E-state index in [2.05, 4.69) is 6.07 Å². The lowest BCUT2D eigenvalue weighted by Crippen LogP contribution is -2.03. The van der Waals surface area contributed by atoms with Crippen LogP contribution in [0.25, 0.3) is 0 Å². The molecule has 1 aromatic rings. The van der Waals surface area contributed by atoms with Crippen molar-refractivity contribution < 1.29 is 4.39 Å². The van der Waals surface area contributed by atoms with Crippen LogP contribution in [-0.2, 0) is 5.41 Å². The molecule has 0 aromatic heterocycles. The van der Waals surface area contributed by atoms with E-state index in [0.717, 1.165) is 18.4 Å². The third-order valence-corrected chi connectivity index (χ3v) is 2.52. The van der Waals surface area contributed by atoms with Crippen LogP contribution in [0.1, 0.15) is 18.4 Å². The number of halogens is 1. The van der Waals surface area contributed by atoms with Gasteiger partial charge in [0.25, 0.3) is 0 Å². The number of hydrogen-bond donors (Lipinski definition) is 1. The van der Waals surface area contributed by atoms with E-state index in [1.54, 1.807) is 6.07 Å². The molecule has 13 heavy (non-hydrogen) atoms. The van der Waals surface area contributed by atoms with E-state index in [1.165, 1.54) is 12.1 Å². The van der Waals surface area contributed by atoms with Crippen LogP contribution in [0, 0.1) is 17.1 Å². The summed E-state index contributed by atoms with van der Waals surface area (Å²) >= 11 is 0. The van der Waals surface area contributed by atoms with Crippen LogP contribution in [0.4, 0.5) is 10.1 Å². The minimum Gasteiger partial charge on any atom is -0.396 e.